The number of rotatable bonds is 4. The molecule has 106 valence electrons. The van der Waals surface area contributed by atoms with Crippen LogP contribution in [-0.2, 0) is 4.74 Å². The molecular weight excluding hydrogens is 260 g/mol. The van der Waals surface area contributed by atoms with Crippen LogP contribution in [0.3, 0.4) is 0 Å². The van der Waals surface area contributed by atoms with E-state index in [-0.39, 0.29) is 12.3 Å². The molecular formula is C12H16N6O2. The molecule has 2 aromatic rings. The summed E-state index contributed by atoms with van der Waals surface area (Å²) in [7, 11) is 3.75. The highest BCUT2D eigenvalue weighted by atomic mass is 16.5. The third-order valence-corrected chi connectivity index (χ3v) is 2.41. The first-order valence-electron chi connectivity index (χ1n) is 6.14. The summed E-state index contributed by atoms with van der Waals surface area (Å²) in [4.78, 5) is 17.9. The lowest BCUT2D eigenvalue weighted by atomic mass is 10.3. The van der Waals surface area contributed by atoms with Gasteiger partial charge in [-0.15, -0.1) is 15.3 Å². The van der Waals surface area contributed by atoms with Gasteiger partial charge in [0.25, 0.3) is 5.78 Å². The molecule has 0 radical (unpaired) electrons. The zero-order valence-electron chi connectivity index (χ0n) is 11.9. The van der Waals surface area contributed by atoms with Crippen LogP contribution in [0.4, 0.5) is 0 Å². The van der Waals surface area contributed by atoms with Crippen molar-refractivity contribution < 1.29 is 9.53 Å². The Kier molecular flexibility index (Phi) is 3.92. The fourth-order valence-corrected chi connectivity index (χ4v) is 1.59. The largest absolute Gasteiger partial charge is 0.461 e. The highest BCUT2D eigenvalue weighted by molar-refractivity contribution is 5.90. The molecule has 0 bridgehead atoms. The Morgan fingerprint density at radius 2 is 2.15 bits per heavy atom. The summed E-state index contributed by atoms with van der Waals surface area (Å²) in [5, 5.41) is 12.0. The van der Waals surface area contributed by atoms with Crippen LogP contribution >= 0.6 is 0 Å². The lowest BCUT2D eigenvalue weighted by Gasteiger charge is -2.07. The molecule has 0 aromatic carbocycles. The van der Waals surface area contributed by atoms with Crippen molar-refractivity contribution in [2.45, 2.75) is 13.8 Å². The van der Waals surface area contributed by atoms with Crippen molar-refractivity contribution in [3.8, 4) is 0 Å². The average Bonchev–Trinajstić information content (AvgIpc) is 2.76. The van der Waals surface area contributed by atoms with E-state index < -0.39 is 5.97 Å². The van der Waals surface area contributed by atoms with Gasteiger partial charge in [0.2, 0.25) is 0 Å². The maximum absolute atomic E-state index is 11.9. The molecule has 0 saturated heterocycles. The summed E-state index contributed by atoms with van der Waals surface area (Å²) in [5.41, 5.74) is 0.602. The van der Waals surface area contributed by atoms with Crippen molar-refractivity contribution in [2.24, 2.45) is 0 Å². The Morgan fingerprint density at radius 1 is 1.40 bits per heavy atom. The summed E-state index contributed by atoms with van der Waals surface area (Å²) < 4.78 is 6.46. The smallest absolute Gasteiger partial charge is 0.361 e. The summed E-state index contributed by atoms with van der Waals surface area (Å²) in [6.07, 6.45) is 3.51. The third-order valence-electron chi connectivity index (χ3n) is 2.41. The number of carbonyl (C=O) groups is 1. The second-order valence-corrected chi connectivity index (χ2v) is 4.30. The van der Waals surface area contributed by atoms with Crippen molar-refractivity contribution in [2.75, 3.05) is 20.7 Å². The van der Waals surface area contributed by atoms with E-state index in [2.05, 4.69) is 20.3 Å². The Hall–Kier alpha value is -2.51. The van der Waals surface area contributed by atoms with E-state index in [0.717, 1.165) is 0 Å². The van der Waals surface area contributed by atoms with E-state index in [9.17, 15) is 4.79 Å². The number of fused-ring (bicyclic) bond motifs is 1. The van der Waals surface area contributed by atoms with Crippen LogP contribution in [0.5, 0.6) is 0 Å². The van der Waals surface area contributed by atoms with E-state index in [1.807, 2.05) is 19.0 Å². The second kappa shape index (κ2) is 5.64. The first kappa shape index (κ1) is 13.9. The van der Waals surface area contributed by atoms with Crippen LogP contribution in [0.1, 0.15) is 28.9 Å². The Labute approximate surface area is 116 Å². The number of hydrogen-bond acceptors (Lipinski definition) is 7. The highest BCUT2D eigenvalue weighted by Gasteiger charge is 2.18. The molecule has 0 amide bonds. The number of carbonyl (C=O) groups excluding carboxylic acids is 1. The van der Waals surface area contributed by atoms with Crippen molar-refractivity contribution >= 4 is 17.8 Å². The van der Waals surface area contributed by atoms with E-state index in [1.54, 1.807) is 26.1 Å². The highest BCUT2D eigenvalue weighted by Crippen LogP contribution is 2.11. The first-order valence-corrected chi connectivity index (χ1v) is 6.14. The van der Waals surface area contributed by atoms with Crippen molar-refractivity contribution in [3.63, 3.8) is 0 Å². The summed E-state index contributed by atoms with van der Waals surface area (Å²) in [6.45, 7) is 3.75. The van der Waals surface area contributed by atoms with Gasteiger partial charge in [0.15, 0.2) is 5.69 Å². The van der Waals surface area contributed by atoms with Crippen LogP contribution < -0.4 is 0 Å². The molecule has 0 unspecified atom stereocenters. The zero-order valence-corrected chi connectivity index (χ0v) is 11.9. The van der Waals surface area contributed by atoms with Gasteiger partial charge in [-0.2, -0.15) is 9.50 Å². The molecule has 20 heavy (non-hydrogen) atoms. The second-order valence-electron chi connectivity index (χ2n) is 4.30. The van der Waals surface area contributed by atoms with Crippen LogP contribution in [0, 0.1) is 6.92 Å². The van der Waals surface area contributed by atoms with E-state index in [4.69, 9.17) is 4.74 Å². The molecule has 0 N–H and O–H groups in total. The molecule has 0 fully saturated rings. The molecule has 0 aliphatic carbocycles. The number of aromatic nitrogens is 5. The Morgan fingerprint density at radius 3 is 2.80 bits per heavy atom. The van der Waals surface area contributed by atoms with Crippen LogP contribution in [-0.4, -0.2) is 56.4 Å². The molecule has 0 spiro atoms. The number of hydrogen-bond donors (Lipinski definition) is 0. The molecule has 2 aromatic heterocycles. The molecule has 0 saturated carbocycles. The van der Waals surface area contributed by atoms with Crippen LogP contribution in [0.2, 0.25) is 0 Å². The van der Waals surface area contributed by atoms with Crippen LogP contribution in [0.25, 0.3) is 11.9 Å². The number of nitrogens with zero attached hydrogens (tertiary/aromatic N) is 6. The normalized spacial score (nSPS) is 11.2. The standard InChI is InChI=1S/C12H16N6O2/c1-5-20-11(19)10-9(6-7-17(3)4)18-12(15-14-10)13-8(2)16-18/h6-7H,5H2,1-4H3. The topological polar surface area (TPSA) is 85.5 Å². The Bertz CT molecular complexity index is 661. The monoisotopic (exact) mass is 276 g/mol. The summed E-state index contributed by atoms with van der Waals surface area (Å²) in [6, 6.07) is 0. The van der Waals surface area contributed by atoms with Gasteiger partial charge in [-0.25, -0.2) is 4.79 Å². The minimum atomic E-state index is -0.534. The van der Waals surface area contributed by atoms with Crippen molar-refractivity contribution in [1.82, 2.24) is 29.7 Å². The van der Waals surface area contributed by atoms with E-state index >= 15 is 0 Å². The third kappa shape index (κ3) is 2.73. The van der Waals surface area contributed by atoms with E-state index in [1.165, 1.54) is 4.52 Å². The van der Waals surface area contributed by atoms with Gasteiger partial charge < -0.3 is 9.64 Å². The zero-order chi connectivity index (χ0) is 14.7. The Balaban J connectivity index is 2.61. The lowest BCUT2D eigenvalue weighted by molar-refractivity contribution is 0.0517. The average molecular weight is 276 g/mol. The quantitative estimate of drug-likeness (QED) is 0.753. The maximum atomic E-state index is 11.9. The van der Waals surface area contributed by atoms with Crippen molar-refractivity contribution in [1.29, 1.82) is 0 Å². The van der Waals surface area contributed by atoms with Gasteiger partial charge in [0, 0.05) is 20.3 Å². The number of aryl methyl sites for hydroxylation is 1. The maximum Gasteiger partial charge on any atom is 0.361 e. The predicted molar refractivity (Wildman–Crippen MR) is 72.0 cm³/mol. The SMILES string of the molecule is CCOC(=O)c1nnc2nc(C)nn2c1C=CN(C)C. The first-order chi connectivity index (χ1) is 9.52. The van der Waals surface area contributed by atoms with Gasteiger partial charge in [0.1, 0.15) is 11.5 Å². The molecule has 8 heteroatoms. The fraction of sp³-hybridized carbons (Fsp3) is 0.417. The van der Waals surface area contributed by atoms with Gasteiger partial charge in [-0.05, 0) is 19.9 Å². The molecule has 0 aliphatic rings. The minimum Gasteiger partial charge on any atom is -0.461 e. The molecule has 2 heterocycles. The predicted octanol–water partition coefficient (Wildman–Crippen LogP) is 0.537. The number of ether oxygens (including phenoxy) is 1. The van der Waals surface area contributed by atoms with Gasteiger partial charge in [-0.3, -0.25) is 0 Å². The lowest BCUT2D eigenvalue weighted by Crippen LogP contribution is -2.14. The number of esters is 1. The summed E-state index contributed by atoms with van der Waals surface area (Å²) >= 11 is 0. The molecule has 0 aliphatic heterocycles. The van der Waals surface area contributed by atoms with Gasteiger partial charge in [-0.1, -0.05) is 0 Å². The van der Waals surface area contributed by atoms with E-state index in [0.29, 0.717) is 17.3 Å². The molecule has 0 atom stereocenters. The fourth-order valence-electron chi connectivity index (χ4n) is 1.59. The van der Waals surface area contributed by atoms with Gasteiger partial charge >= 0.3 is 5.97 Å². The molecule has 8 nitrogen and oxygen atoms in total. The molecule has 2 rings (SSSR count). The van der Waals surface area contributed by atoms with Gasteiger partial charge in [0.05, 0.1) is 6.61 Å². The van der Waals surface area contributed by atoms with Crippen LogP contribution in [0.15, 0.2) is 6.20 Å². The van der Waals surface area contributed by atoms with Crippen molar-refractivity contribution in [3.05, 3.63) is 23.4 Å². The minimum absolute atomic E-state index is 0.113. The summed E-state index contributed by atoms with van der Waals surface area (Å²) in [5.74, 6) is 0.363.